The fourth-order valence-corrected chi connectivity index (χ4v) is 5.65. The first-order valence-electron chi connectivity index (χ1n) is 8.66. The Morgan fingerprint density at radius 2 is 1.60 bits per heavy atom. The van der Waals surface area contributed by atoms with E-state index >= 15 is 0 Å². The molecule has 0 amide bonds. The number of hydrogen-bond donors (Lipinski definition) is 4. The number of nitrogens with two attached hydrogens (primary N) is 1. The lowest BCUT2D eigenvalue weighted by Crippen LogP contribution is -2.41. The van der Waals surface area contributed by atoms with Crippen LogP contribution in [0.5, 0.6) is 0 Å². The number of nitrogens with one attached hydrogen (secondary N) is 1. The predicted octanol–water partition coefficient (Wildman–Crippen LogP) is -2.08. The minimum absolute atomic E-state index is 0.220. The summed E-state index contributed by atoms with van der Waals surface area (Å²) in [6.45, 7) is 4.12. The van der Waals surface area contributed by atoms with E-state index in [1.807, 2.05) is 0 Å². The fourth-order valence-electron chi connectivity index (χ4n) is 1.85. The van der Waals surface area contributed by atoms with Crippen LogP contribution in [0.25, 0.3) is 0 Å². The molecule has 25 heavy (non-hydrogen) atoms. The highest BCUT2D eigenvalue weighted by atomic mass is 28.4. The maximum atomic E-state index is 9.85. The fraction of sp³-hybridized carbons (Fsp3) is 1.00. The van der Waals surface area contributed by atoms with E-state index in [4.69, 9.17) is 28.2 Å². The first kappa shape index (κ1) is 25.1. The molecule has 0 saturated carbocycles. The van der Waals surface area contributed by atoms with Gasteiger partial charge in [-0.2, -0.15) is 0 Å². The van der Waals surface area contributed by atoms with E-state index in [0.717, 1.165) is 19.4 Å². The monoisotopic (exact) mass is 400 g/mol. The number of ether oxygens (including phenoxy) is 2. The maximum absolute atomic E-state index is 9.85. The molecule has 4 atom stereocenters. The van der Waals surface area contributed by atoms with Crippen LogP contribution in [0, 0.1) is 0 Å². The Balaban J connectivity index is 3.83. The maximum Gasteiger partial charge on any atom is 0.338 e. The van der Waals surface area contributed by atoms with Gasteiger partial charge in [-0.05, 0) is 32.9 Å². The summed E-state index contributed by atoms with van der Waals surface area (Å²) in [6, 6.07) is 0. The molecule has 0 aromatic rings. The quantitative estimate of drug-likeness (QED) is 0.151. The van der Waals surface area contributed by atoms with Crippen molar-refractivity contribution < 1.29 is 32.7 Å². The molecule has 0 fully saturated rings. The third kappa shape index (κ3) is 16.0. The van der Waals surface area contributed by atoms with Crippen molar-refractivity contribution in [1.29, 1.82) is 0 Å². The molecule has 5 N–H and O–H groups in total. The van der Waals surface area contributed by atoms with Gasteiger partial charge >= 0.3 is 18.6 Å². The molecule has 11 heteroatoms. The van der Waals surface area contributed by atoms with Gasteiger partial charge in [0.05, 0.1) is 37.9 Å². The average molecular weight is 401 g/mol. The number of aliphatic hydroxyl groups is 2. The number of hydrogen-bond acceptors (Lipinski definition) is 9. The van der Waals surface area contributed by atoms with Gasteiger partial charge in [-0.3, -0.25) is 0 Å². The molecular weight excluding hydrogens is 364 g/mol. The van der Waals surface area contributed by atoms with Gasteiger partial charge in [-0.1, -0.05) is 0 Å². The molecule has 0 aromatic heterocycles. The summed E-state index contributed by atoms with van der Waals surface area (Å²) in [5, 5.41) is 22.2. The van der Waals surface area contributed by atoms with Crippen LogP contribution in [-0.4, -0.2) is 101 Å². The summed E-state index contributed by atoms with van der Waals surface area (Å²) in [7, 11) is -0.886. The second kappa shape index (κ2) is 17.5. The highest BCUT2D eigenvalue weighted by Gasteiger charge is 2.22. The third-order valence-corrected chi connectivity index (χ3v) is 7.69. The Hall–Kier alpha value is 0.0738. The van der Waals surface area contributed by atoms with Gasteiger partial charge in [0.25, 0.3) is 0 Å². The van der Waals surface area contributed by atoms with Crippen molar-refractivity contribution >= 4 is 18.6 Å². The molecule has 0 radical (unpaired) electrons. The second-order valence-corrected chi connectivity index (χ2v) is 10.2. The highest BCUT2D eigenvalue weighted by Crippen LogP contribution is 1.98. The molecule has 0 aromatic carbocycles. The smallest absolute Gasteiger partial charge is 0.338 e. The van der Waals surface area contributed by atoms with Crippen LogP contribution in [0.2, 0.25) is 0 Å². The summed E-state index contributed by atoms with van der Waals surface area (Å²) in [6.07, 6.45) is 1.54. The SMILES string of the molecule is CO[SiH](COCC(C)O)O[SiH](COCC(O)CNCCCCN)OC. The molecule has 0 spiro atoms. The van der Waals surface area contributed by atoms with Gasteiger partial charge in [0.15, 0.2) is 0 Å². The number of unbranched alkanes of at least 4 members (excludes halogenated alkanes) is 1. The normalized spacial score (nSPS) is 16.6. The minimum atomic E-state index is -2.03. The van der Waals surface area contributed by atoms with Gasteiger partial charge in [-0.25, -0.2) is 0 Å². The highest BCUT2D eigenvalue weighted by molar-refractivity contribution is 6.59. The van der Waals surface area contributed by atoms with E-state index in [-0.39, 0.29) is 13.2 Å². The van der Waals surface area contributed by atoms with Crippen LogP contribution in [0.4, 0.5) is 0 Å². The Morgan fingerprint density at radius 3 is 2.12 bits per heavy atom. The molecule has 0 rings (SSSR count). The minimum Gasteiger partial charge on any atom is -0.417 e. The van der Waals surface area contributed by atoms with E-state index in [1.165, 1.54) is 0 Å². The Kier molecular flexibility index (Phi) is 17.5. The van der Waals surface area contributed by atoms with Crippen molar-refractivity contribution in [2.45, 2.75) is 32.0 Å². The number of rotatable bonds is 18. The van der Waals surface area contributed by atoms with Crippen molar-refractivity contribution in [2.24, 2.45) is 5.73 Å². The van der Waals surface area contributed by atoms with Gasteiger partial charge in [0.1, 0.15) is 0 Å². The summed E-state index contributed by atoms with van der Waals surface area (Å²) < 4.78 is 27.3. The lowest BCUT2D eigenvalue weighted by molar-refractivity contribution is 0.0443. The van der Waals surface area contributed by atoms with Crippen molar-refractivity contribution in [2.75, 3.05) is 59.5 Å². The molecule has 4 unspecified atom stereocenters. The van der Waals surface area contributed by atoms with Gasteiger partial charge in [-0.15, -0.1) is 0 Å². The summed E-state index contributed by atoms with van der Waals surface area (Å²) in [4.78, 5) is 0. The van der Waals surface area contributed by atoms with Gasteiger partial charge < -0.3 is 43.7 Å². The average Bonchev–Trinajstić information content (AvgIpc) is 2.59. The summed E-state index contributed by atoms with van der Waals surface area (Å²) in [5.41, 5.74) is 5.42. The second-order valence-electron chi connectivity index (χ2n) is 5.74. The molecule has 9 nitrogen and oxygen atoms in total. The molecule has 0 aliphatic rings. The zero-order chi connectivity index (χ0) is 18.9. The van der Waals surface area contributed by atoms with Crippen LogP contribution in [-0.2, 0) is 22.4 Å². The predicted molar refractivity (Wildman–Crippen MR) is 99.9 cm³/mol. The van der Waals surface area contributed by atoms with Gasteiger partial charge in [0, 0.05) is 20.8 Å². The van der Waals surface area contributed by atoms with Crippen LogP contribution in [0.1, 0.15) is 19.8 Å². The van der Waals surface area contributed by atoms with E-state index in [1.54, 1.807) is 21.1 Å². The molecule has 0 heterocycles. The molecular formula is C14H36N2O7Si2. The van der Waals surface area contributed by atoms with E-state index < -0.39 is 30.8 Å². The largest absolute Gasteiger partial charge is 0.417 e. The summed E-state index contributed by atoms with van der Waals surface area (Å²) in [5.74, 6) is 0. The van der Waals surface area contributed by atoms with E-state index in [9.17, 15) is 10.2 Å². The van der Waals surface area contributed by atoms with E-state index in [0.29, 0.717) is 25.5 Å². The Morgan fingerprint density at radius 1 is 1.00 bits per heavy atom. The van der Waals surface area contributed by atoms with Crippen LogP contribution in [0.3, 0.4) is 0 Å². The van der Waals surface area contributed by atoms with Crippen molar-refractivity contribution in [1.82, 2.24) is 5.32 Å². The molecule has 0 aliphatic heterocycles. The molecule has 0 aliphatic carbocycles. The topological polar surface area (TPSA) is 125 Å². The molecule has 0 bridgehead atoms. The Bertz CT molecular complexity index is 294. The molecule has 0 saturated heterocycles. The van der Waals surface area contributed by atoms with Crippen molar-refractivity contribution in [3.05, 3.63) is 0 Å². The number of aliphatic hydroxyl groups excluding tert-OH is 2. The van der Waals surface area contributed by atoms with Gasteiger partial charge in [0.2, 0.25) is 0 Å². The lowest BCUT2D eigenvalue weighted by Gasteiger charge is -2.21. The first-order chi connectivity index (χ1) is 12.0. The third-order valence-electron chi connectivity index (χ3n) is 3.19. The zero-order valence-electron chi connectivity index (χ0n) is 15.7. The lowest BCUT2D eigenvalue weighted by atomic mass is 10.3. The van der Waals surface area contributed by atoms with Crippen LogP contribution in [0.15, 0.2) is 0 Å². The Labute approximate surface area is 154 Å². The molecule has 152 valence electrons. The zero-order valence-corrected chi connectivity index (χ0v) is 18.0. The van der Waals surface area contributed by atoms with Crippen LogP contribution >= 0.6 is 0 Å². The first-order valence-corrected chi connectivity index (χ1v) is 12.2. The standard InChI is InChI=1S/C14H36N2O7Si2/c1-13(17)9-21-11-24(19-2)23-25(20-3)12-22-10-14(18)8-16-7-5-4-6-15/h13-14,16-18,24-25H,4-12,15H2,1-3H3. The van der Waals surface area contributed by atoms with Crippen molar-refractivity contribution in [3.8, 4) is 0 Å². The summed E-state index contributed by atoms with van der Waals surface area (Å²) >= 11 is 0. The van der Waals surface area contributed by atoms with Crippen LogP contribution < -0.4 is 11.1 Å². The van der Waals surface area contributed by atoms with Crippen molar-refractivity contribution in [3.63, 3.8) is 0 Å². The van der Waals surface area contributed by atoms with E-state index in [2.05, 4.69) is 5.32 Å².